The number of carbonyl (C=O) groups excluding carboxylic acids is 1. The van der Waals surface area contributed by atoms with Crippen LogP contribution in [0.5, 0.6) is 0 Å². The molecule has 4 heteroatoms. The summed E-state index contributed by atoms with van der Waals surface area (Å²) in [4.78, 5) is 11.6. The number of carbonyl (C=O) groups is 1. The smallest absolute Gasteiger partial charge is 0.234 e. The maximum Gasteiger partial charge on any atom is 0.234 e. The van der Waals surface area contributed by atoms with Gasteiger partial charge < -0.3 is 15.7 Å². The molecule has 1 aliphatic rings. The average Bonchev–Trinajstić information content (AvgIpc) is 2.16. The monoisotopic (exact) mass is 228 g/mol. The second-order valence-electron chi connectivity index (χ2n) is 5.25. The molecule has 1 saturated carbocycles. The normalized spacial score (nSPS) is 20.3. The van der Waals surface area contributed by atoms with Gasteiger partial charge >= 0.3 is 0 Å². The number of hydrogen-bond acceptors (Lipinski definition) is 3. The first-order valence-electron chi connectivity index (χ1n) is 6.14. The van der Waals surface area contributed by atoms with Crippen LogP contribution < -0.4 is 10.6 Å². The topological polar surface area (TPSA) is 61.4 Å². The summed E-state index contributed by atoms with van der Waals surface area (Å²) in [6, 6.07) is 0.195. The van der Waals surface area contributed by atoms with Gasteiger partial charge in [0.15, 0.2) is 0 Å². The van der Waals surface area contributed by atoms with E-state index in [1.54, 1.807) is 0 Å². The number of amides is 1. The van der Waals surface area contributed by atoms with Crippen LogP contribution in [0.15, 0.2) is 0 Å². The molecule has 1 amide bonds. The fourth-order valence-electron chi connectivity index (χ4n) is 1.73. The molecule has 3 N–H and O–H groups in total. The van der Waals surface area contributed by atoms with Gasteiger partial charge in [0, 0.05) is 11.6 Å². The highest BCUT2D eigenvalue weighted by Crippen LogP contribution is 2.30. The predicted octanol–water partition coefficient (Wildman–Crippen LogP) is 0.652. The molecule has 1 unspecified atom stereocenters. The fourth-order valence-corrected chi connectivity index (χ4v) is 1.73. The van der Waals surface area contributed by atoms with Gasteiger partial charge in [-0.25, -0.2) is 0 Å². The molecule has 1 rings (SSSR count). The molecule has 0 spiro atoms. The van der Waals surface area contributed by atoms with Crippen molar-refractivity contribution >= 4 is 5.91 Å². The van der Waals surface area contributed by atoms with Crippen molar-refractivity contribution in [2.24, 2.45) is 5.92 Å². The van der Waals surface area contributed by atoms with Crippen LogP contribution in [0, 0.1) is 5.92 Å². The van der Waals surface area contributed by atoms with Crippen molar-refractivity contribution in [3.05, 3.63) is 0 Å². The summed E-state index contributed by atoms with van der Waals surface area (Å²) in [7, 11) is 0. The van der Waals surface area contributed by atoms with Crippen molar-refractivity contribution in [2.75, 3.05) is 13.2 Å². The van der Waals surface area contributed by atoms with Crippen LogP contribution in [0.3, 0.4) is 0 Å². The van der Waals surface area contributed by atoms with E-state index in [9.17, 15) is 9.90 Å². The molecule has 0 heterocycles. The Morgan fingerprint density at radius 2 is 2.00 bits per heavy atom. The predicted molar refractivity (Wildman–Crippen MR) is 64.1 cm³/mol. The zero-order chi connectivity index (χ0) is 12.2. The molecular formula is C12H24N2O2. The van der Waals surface area contributed by atoms with E-state index in [1.165, 1.54) is 0 Å². The Kier molecular flexibility index (Phi) is 4.74. The minimum absolute atomic E-state index is 0.0147. The zero-order valence-corrected chi connectivity index (χ0v) is 10.5. The minimum Gasteiger partial charge on any atom is -0.394 e. The Morgan fingerprint density at radius 1 is 1.38 bits per heavy atom. The molecule has 0 aliphatic heterocycles. The Labute approximate surface area is 97.8 Å². The van der Waals surface area contributed by atoms with Crippen LogP contribution >= 0.6 is 0 Å². The highest BCUT2D eigenvalue weighted by atomic mass is 16.3. The first-order valence-corrected chi connectivity index (χ1v) is 6.14. The number of hydrogen-bond donors (Lipinski definition) is 3. The summed E-state index contributed by atoms with van der Waals surface area (Å²) in [5, 5.41) is 15.3. The quantitative estimate of drug-likeness (QED) is 0.625. The molecule has 16 heavy (non-hydrogen) atoms. The Hall–Kier alpha value is -0.610. The number of aliphatic hydroxyl groups excluding tert-OH is 1. The first kappa shape index (κ1) is 13.5. The SMILES string of the molecule is CC(C)C(C)NC(=O)CNC1(CO)CCC1. The van der Waals surface area contributed by atoms with Crippen molar-refractivity contribution in [2.45, 2.75) is 51.6 Å². The number of nitrogens with one attached hydrogen (secondary N) is 2. The third-order valence-electron chi connectivity index (χ3n) is 3.63. The zero-order valence-electron chi connectivity index (χ0n) is 10.5. The van der Waals surface area contributed by atoms with Crippen molar-refractivity contribution < 1.29 is 9.90 Å². The minimum atomic E-state index is -0.182. The Bertz CT molecular complexity index is 232. The molecule has 0 saturated heterocycles. The third-order valence-corrected chi connectivity index (χ3v) is 3.63. The third kappa shape index (κ3) is 3.46. The molecule has 1 aliphatic carbocycles. The maximum atomic E-state index is 11.6. The van der Waals surface area contributed by atoms with E-state index in [1.807, 2.05) is 6.92 Å². The van der Waals surface area contributed by atoms with Crippen LogP contribution in [-0.4, -0.2) is 35.7 Å². The molecule has 94 valence electrons. The van der Waals surface area contributed by atoms with E-state index in [0.29, 0.717) is 12.5 Å². The van der Waals surface area contributed by atoms with Crippen molar-refractivity contribution in [3.63, 3.8) is 0 Å². The van der Waals surface area contributed by atoms with Crippen LogP contribution in [0.4, 0.5) is 0 Å². The maximum absolute atomic E-state index is 11.6. The lowest BCUT2D eigenvalue weighted by molar-refractivity contribution is -0.121. The second kappa shape index (κ2) is 5.64. The lowest BCUT2D eigenvalue weighted by Gasteiger charge is -2.41. The van der Waals surface area contributed by atoms with Gasteiger partial charge in [0.05, 0.1) is 13.2 Å². The van der Waals surface area contributed by atoms with E-state index in [2.05, 4.69) is 24.5 Å². The molecular weight excluding hydrogens is 204 g/mol. The van der Waals surface area contributed by atoms with Crippen molar-refractivity contribution in [1.29, 1.82) is 0 Å². The average molecular weight is 228 g/mol. The molecule has 0 aromatic heterocycles. The van der Waals surface area contributed by atoms with Crippen LogP contribution in [0.25, 0.3) is 0 Å². The molecule has 1 atom stereocenters. The highest BCUT2D eigenvalue weighted by Gasteiger charge is 2.36. The Morgan fingerprint density at radius 3 is 2.38 bits per heavy atom. The van der Waals surface area contributed by atoms with E-state index >= 15 is 0 Å². The summed E-state index contributed by atoms with van der Waals surface area (Å²) >= 11 is 0. The number of rotatable bonds is 6. The van der Waals surface area contributed by atoms with Gasteiger partial charge in [0.2, 0.25) is 5.91 Å². The molecule has 0 aromatic rings. The van der Waals surface area contributed by atoms with Gasteiger partial charge in [0.25, 0.3) is 0 Å². The lowest BCUT2D eigenvalue weighted by Crippen LogP contribution is -2.56. The lowest BCUT2D eigenvalue weighted by atomic mass is 9.77. The van der Waals surface area contributed by atoms with E-state index < -0.39 is 0 Å². The standard InChI is InChI=1S/C12H24N2O2/c1-9(2)10(3)14-11(16)7-13-12(8-15)5-4-6-12/h9-10,13,15H,4-8H2,1-3H3,(H,14,16). The summed E-state index contributed by atoms with van der Waals surface area (Å²) in [5.41, 5.74) is -0.182. The van der Waals surface area contributed by atoms with Gasteiger partial charge in [-0.15, -0.1) is 0 Å². The second-order valence-corrected chi connectivity index (χ2v) is 5.25. The molecule has 0 bridgehead atoms. The van der Waals surface area contributed by atoms with E-state index in [-0.39, 0.29) is 24.1 Å². The van der Waals surface area contributed by atoms with E-state index in [0.717, 1.165) is 19.3 Å². The summed E-state index contributed by atoms with van der Waals surface area (Å²) in [6.07, 6.45) is 3.07. The highest BCUT2D eigenvalue weighted by molar-refractivity contribution is 5.78. The van der Waals surface area contributed by atoms with Gasteiger partial charge in [-0.05, 0) is 32.1 Å². The van der Waals surface area contributed by atoms with E-state index in [4.69, 9.17) is 0 Å². The van der Waals surface area contributed by atoms with Gasteiger partial charge in [-0.1, -0.05) is 13.8 Å². The molecule has 0 radical (unpaired) electrons. The van der Waals surface area contributed by atoms with Crippen LogP contribution in [0.2, 0.25) is 0 Å². The summed E-state index contributed by atoms with van der Waals surface area (Å²) in [5.74, 6) is 0.459. The van der Waals surface area contributed by atoms with Gasteiger partial charge in [-0.3, -0.25) is 4.79 Å². The molecule has 1 fully saturated rings. The summed E-state index contributed by atoms with van der Waals surface area (Å²) < 4.78 is 0. The molecule has 0 aromatic carbocycles. The van der Waals surface area contributed by atoms with Crippen molar-refractivity contribution in [1.82, 2.24) is 10.6 Å². The fraction of sp³-hybridized carbons (Fsp3) is 0.917. The van der Waals surface area contributed by atoms with Crippen LogP contribution in [-0.2, 0) is 4.79 Å². The van der Waals surface area contributed by atoms with Crippen molar-refractivity contribution in [3.8, 4) is 0 Å². The van der Waals surface area contributed by atoms with Gasteiger partial charge in [-0.2, -0.15) is 0 Å². The van der Waals surface area contributed by atoms with Crippen LogP contribution in [0.1, 0.15) is 40.0 Å². The number of aliphatic hydroxyl groups is 1. The largest absolute Gasteiger partial charge is 0.394 e. The Balaban J connectivity index is 2.24. The summed E-state index contributed by atoms with van der Waals surface area (Å²) in [6.45, 7) is 6.60. The van der Waals surface area contributed by atoms with Gasteiger partial charge in [0.1, 0.15) is 0 Å². The molecule has 4 nitrogen and oxygen atoms in total. The first-order chi connectivity index (χ1) is 7.49.